The van der Waals surface area contributed by atoms with Crippen molar-refractivity contribution in [2.45, 2.75) is 24.5 Å². The summed E-state index contributed by atoms with van der Waals surface area (Å²) in [5.74, 6) is -0.596. The molecule has 4 atom stereocenters. The molecular weight excluding hydrogens is 300 g/mol. The minimum absolute atomic E-state index is 0.179. The summed E-state index contributed by atoms with van der Waals surface area (Å²) in [5, 5.41) is 19.9. The van der Waals surface area contributed by atoms with Crippen LogP contribution in [-0.2, 0) is 19.0 Å². The summed E-state index contributed by atoms with van der Waals surface area (Å²) in [6.07, 6.45) is -3.68. The molecule has 0 radical (unpaired) electrons. The molecule has 10 nitrogen and oxygen atoms in total. The van der Waals surface area contributed by atoms with Gasteiger partial charge in [0.25, 0.3) is 5.56 Å². The van der Waals surface area contributed by atoms with Gasteiger partial charge in [-0.2, -0.15) is 0 Å². The van der Waals surface area contributed by atoms with E-state index in [0.29, 0.717) is 0 Å². The first-order valence-corrected chi connectivity index (χ1v) is 6.41. The quantitative estimate of drug-likeness (QED) is 0.500. The van der Waals surface area contributed by atoms with Crippen molar-refractivity contribution in [1.82, 2.24) is 9.55 Å². The third-order valence-corrected chi connectivity index (χ3v) is 3.19. The van der Waals surface area contributed by atoms with Crippen LogP contribution in [0.25, 0.3) is 0 Å². The van der Waals surface area contributed by atoms with E-state index in [4.69, 9.17) is 9.47 Å². The van der Waals surface area contributed by atoms with Crippen molar-refractivity contribution in [3.63, 3.8) is 0 Å². The number of aromatic nitrogens is 2. The topological polar surface area (TPSA) is 140 Å². The molecule has 2 heterocycles. The van der Waals surface area contributed by atoms with Crippen molar-refractivity contribution < 1.29 is 29.2 Å². The highest BCUT2D eigenvalue weighted by Crippen LogP contribution is 2.28. The smallest absolute Gasteiger partial charge is 0.331 e. The summed E-state index contributed by atoms with van der Waals surface area (Å²) >= 11 is 0. The summed E-state index contributed by atoms with van der Waals surface area (Å²) in [6.45, 7) is -0.510. The van der Waals surface area contributed by atoms with Crippen LogP contribution in [0, 0.1) is 0 Å². The van der Waals surface area contributed by atoms with Gasteiger partial charge >= 0.3 is 11.7 Å². The number of hydrogen-bond acceptors (Lipinski definition) is 8. The molecule has 1 aliphatic rings. The molecule has 122 valence electrons. The largest absolute Gasteiger partial charge is 0.467 e. The number of carbonyl (C=O) groups excluding carboxylic acids is 1. The van der Waals surface area contributed by atoms with Crippen LogP contribution in [0.3, 0.4) is 0 Å². The van der Waals surface area contributed by atoms with Gasteiger partial charge in [0, 0.05) is 12.3 Å². The standard InChI is InChI=1S/C12H16N2O8/c1-20-8(16)5-21-4-6-9(17)10(18)11(22-6)14-3-2-7(15)13-12(14)19/h2-3,6,9-11,17-18H,4-5H2,1H3,(H,13,15,19)/t6-,9-,10-,11-/m1/s1. The number of carbonyl (C=O) groups is 1. The van der Waals surface area contributed by atoms with Crippen LogP contribution in [-0.4, -0.2) is 64.4 Å². The SMILES string of the molecule is COC(=O)COC[C@H]1O[C@@H](n2ccc(=O)[nH]c2=O)[C@H](O)[C@@H]1O. The molecule has 1 saturated heterocycles. The van der Waals surface area contributed by atoms with E-state index >= 15 is 0 Å². The van der Waals surface area contributed by atoms with Gasteiger partial charge in [0.05, 0.1) is 13.7 Å². The summed E-state index contributed by atoms with van der Waals surface area (Å²) < 4.78 is 15.7. The van der Waals surface area contributed by atoms with E-state index in [2.05, 4.69) is 4.74 Å². The van der Waals surface area contributed by atoms with E-state index in [9.17, 15) is 24.6 Å². The fraction of sp³-hybridized carbons (Fsp3) is 0.583. The van der Waals surface area contributed by atoms with Crippen molar-refractivity contribution in [2.24, 2.45) is 0 Å². The van der Waals surface area contributed by atoms with Gasteiger partial charge < -0.3 is 24.4 Å². The molecule has 1 aliphatic heterocycles. The molecule has 3 N–H and O–H groups in total. The third kappa shape index (κ3) is 3.42. The second-order valence-corrected chi connectivity index (χ2v) is 4.65. The molecular formula is C12H16N2O8. The van der Waals surface area contributed by atoms with Crippen LogP contribution in [0.5, 0.6) is 0 Å². The average Bonchev–Trinajstić information content (AvgIpc) is 2.75. The molecule has 1 aromatic heterocycles. The molecule has 0 aliphatic carbocycles. The monoisotopic (exact) mass is 316 g/mol. The number of methoxy groups -OCH3 is 1. The lowest BCUT2D eigenvalue weighted by Crippen LogP contribution is -2.37. The molecule has 0 bridgehead atoms. The van der Waals surface area contributed by atoms with E-state index in [-0.39, 0.29) is 13.2 Å². The first-order valence-electron chi connectivity index (χ1n) is 6.41. The van der Waals surface area contributed by atoms with Gasteiger partial charge in [-0.05, 0) is 0 Å². The minimum Gasteiger partial charge on any atom is -0.467 e. The van der Waals surface area contributed by atoms with Crippen molar-refractivity contribution in [2.75, 3.05) is 20.3 Å². The Morgan fingerprint density at radius 2 is 2.14 bits per heavy atom. The van der Waals surface area contributed by atoms with Gasteiger partial charge in [-0.1, -0.05) is 0 Å². The Balaban J connectivity index is 2.05. The molecule has 1 aromatic rings. The number of nitrogens with one attached hydrogen (secondary N) is 1. The van der Waals surface area contributed by atoms with Crippen LogP contribution in [0.2, 0.25) is 0 Å². The zero-order valence-electron chi connectivity index (χ0n) is 11.7. The number of rotatable bonds is 5. The Labute approximate surface area is 123 Å². The van der Waals surface area contributed by atoms with Crippen molar-refractivity contribution in [3.05, 3.63) is 33.1 Å². The number of aromatic amines is 1. The molecule has 0 aromatic carbocycles. The third-order valence-electron chi connectivity index (χ3n) is 3.19. The van der Waals surface area contributed by atoms with Gasteiger partial charge in [-0.15, -0.1) is 0 Å². The molecule has 2 rings (SSSR count). The summed E-state index contributed by atoms with van der Waals surface area (Å²) in [4.78, 5) is 35.6. The fourth-order valence-corrected chi connectivity index (χ4v) is 2.04. The van der Waals surface area contributed by atoms with E-state index in [1.165, 1.54) is 7.11 Å². The predicted molar refractivity (Wildman–Crippen MR) is 70.1 cm³/mol. The first kappa shape index (κ1) is 16.4. The number of hydrogen-bond donors (Lipinski definition) is 3. The number of ether oxygens (including phenoxy) is 3. The van der Waals surface area contributed by atoms with Gasteiger partial charge in [0.15, 0.2) is 6.23 Å². The highest BCUT2D eigenvalue weighted by molar-refractivity contribution is 5.70. The maximum atomic E-state index is 11.7. The molecule has 10 heteroatoms. The molecule has 0 saturated carbocycles. The Kier molecular flexibility index (Phi) is 5.08. The van der Waals surface area contributed by atoms with Crippen LogP contribution >= 0.6 is 0 Å². The van der Waals surface area contributed by atoms with E-state index in [1.54, 1.807) is 0 Å². The number of aliphatic hydroxyl groups is 2. The predicted octanol–water partition coefficient (Wildman–Crippen LogP) is -2.65. The Morgan fingerprint density at radius 1 is 1.41 bits per heavy atom. The van der Waals surface area contributed by atoms with Crippen LogP contribution in [0.1, 0.15) is 6.23 Å². The van der Waals surface area contributed by atoms with Crippen LogP contribution < -0.4 is 11.2 Å². The fourth-order valence-electron chi connectivity index (χ4n) is 2.04. The van der Waals surface area contributed by atoms with Gasteiger partial charge in [0.1, 0.15) is 24.9 Å². The lowest BCUT2D eigenvalue weighted by molar-refractivity contribution is -0.148. The Bertz CT molecular complexity index is 639. The molecule has 0 spiro atoms. The van der Waals surface area contributed by atoms with E-state index in [0.717, 1.165) is 16.8 Å². The number of esters is 1. The summed E-state index contributed by atoms with van der Waals surface area (Å²) in [7, 11) is 1.20. The maximum Gasteiger partial charge on any atom is 0.331 e. The van der Waals surface area contributed by atoms with E-state index in [1.807, 2.05) is 4.98 Å². The first-order chi connectivity index (χ1) is 10.4. The maximum absolute atomic E-state index is 11.7. The summed E-state index contributed by atoms with van der Waals surface area (Å²) in [5.41, 5.74) is -1.37. The summed E-state index contributed by atoms with van der Waals surface area (Å²) in [6, 6.07) is 1.09. The zero-order chi connectivity index (χ0) is 16.3. The Morgan fingerprint density at radius 3 is 2.77 bits per heavy atom. The minimum atomic E-state index is -1.39. The van der Waals surface area contributed by atoms with Crippen LogP contribution in [0.4, 0.5) is 0 Å². The Hall–Kier alpha value is -2.01. The molecule has 22 heavy (non-hydrogen) atoms. The number of aliphatic hydroxyl groups excluding tert-OH is 2. The number of nitrogens with zero attached hydrogens (tertiary/aromatic N) is 1. The van der Waals surface area contributed by atoms with Gasteiger partial charge in [-0.3, -0.25) is 14.3 Å². The van der Waals surface area contributed by atoms with Crippen molar-refractivity contribution in [1.29, 1.82) is 0 Å². The van der Waals surface area contributed by atoms with Crippen molar-refractivity contribution >= 4 is 5.97 Å². The second kappa shape index (κ2) is 6.83. The average molecular weight is 316 g/mol. The zero-order valence-corrected chi connectivity index (χ0v) is 11.7. The van der Waals surface area contributed by atoms with Crippen molar-refractivity contribution in [3.8, 4) is 0 Å². The van der Waals surface area contributed by atoms with Gasteiger partial charge in [-0.25, -0.2) is 9.59 Å². The van der Waals surface area contributed by atoms with Gasteiger partial charge in [0.2, 0.25) is 0 Å². The lowest BCUT2D eigenvalue weighted by atomic mass is 10.1. The molecule has 1 fully saturated rings. The van der Waals surface area contributed by atoms with E-state index < -0.39 is 41.8 Å². The number of H-pyrrole nitrogens is 1. The normalized spacial score (nSPS) is 27.8. The molecule has 0 unspecified atom stereocenters. The highest BCUT2D eigenvalue weighted by Gasteiger charge is 2.44. The second-order valence-electron chi connectivity index (χ2n) is 4.65. The van der Waals surface area contributed by atoms with Crippen LogP contribution in [0.15, 0.2) is 21.9 Å². The molecule has 0 amide bonds. The highest BCUT2D eigenvalue weighted by atomic mass is 16.6. The lowest BCUT2D eigenvalue weighted by Gasteiger charge is -2.16.